The first-order valence-electron chi connectivity index (χ1n) is 43.6. The number of hydrogen-bond acceptors (Lipinski definition) is 48. The van der Waals surface area contributed by atoms with E-state index in [0.717, 1.165) is 0 Å². The second kappa shape index (κ2) is 52.0. The molecule has 48 heteroatoms. The highest BCUT2D eigenvalue weighted by Gasteiger charge is 2.58. The average molecular weight is 1970 g/mol. The van der Waals surface area contributed by atoms with Gasteiger partial charge in [0.2, 0.25) is 0 Å². The van der Waals surface area contributed by atoms with Gasteiger partial charge in [0.25, 0.3) is 0 Å². The van der Waals surface area contributed by atoms with Gasteiger partial charge in [0.05, 0.1) is 79.3 Å². The number of hydrogen-bond donors (Lipinski definition) is 28. The zero-order valence-electron chi connectivity index (χ0n) is 75.2. The molecule has 4 aromatic rings. The van der Waals surface area contributed by atoms with Crippen LogP contribution in [0.3, 0.4) is 0 Å². The van der Waals surface area contributed by atoms with Crippen molar-refractivity contribution in [2.24, 2.45) is 23.7 Å². The molecule has 40 atom stereocenters. The maximum atomic E-state index is 11.9. The summed E-state index contributed by atoms with van der Waals surface area (Å²) in [7, 11) is 5.53. The SMILES string of the molecule is C.COc1cc(C(C)=O)ccc1O[C@@H]1C[C@H](CO)[C@@H](O)[C@H](O)[C@H]1O.COc1cc(C(C)=O)ccc1O[C@@H]1C[C@H](CO)[C@@H](O)[C@H](O)[C@H]1O[C@@H]1O[C@H](CO)[C@@H](O)[C@H](O)[C@H]1O.COc1cc(C(C)=O)ccc1O[C@@H]1C[C@H](CO)[C@@H](O)[C@H](O[C@@H]2O[C@H](CO)[C@@H](O)[C@H](O)[C@H]2O)[C@H]1O.COc1cc(C(C)=O)ccc1O[C@@H]1C[C@H](CO)[C@@H](O)[C@H](O[C@@H]2O[C@H](CO)[C@@H](O)[C@H](O)[C@H]2O)[C@H]1O[C@@H]1O[C@H](CO)[C@@H](O)[C@H](O)[C@H]1O. The van der Waals surface area contributed by atoms with Crippen LogP contribution in [0.25, 0.3) is 0 Å². The standard InChI is InChI=1S/C28H42O17.2C22H32O12.C16H22O7.CH4/c1-10(32)11-3-4-13(14(5-11)40-2)41-15-6-12(7-29)18(33)26(45-28-24(39)22(37)20(35)17(9-31)43-28)25(15)44-27-23(38)21(36)19(34)16(8-30)42-27;1-9(25)10-3-4-12(13(5-10)31-2)32-14-6-11(7-23)16(26)19(29)21(14)34-22-20(30)18(28)17(27)15(8-24)33-22;1-9(25)10-3-4-12(13(5-10)31-2)32-14-6-11(7-23)16(26)21(18(14)28)34-22-20(30)19(29)17(27)15(8-24)33-22;1-8(18)9-3-4-11(12(5-9)22-2)23-13-6-10(7-17)14(19)16(21)15(13)20;/h3-5,12,15-31,33-39H,6-9H2,1-2H3;2*3-5,11,14-24,26-30H,6-8H2,1-2H3;3-5,10,13-17,19-21H,6-7H2,1-2H3;1H4/t12-,15-,16-,17-,18-,19-,20-,21+,22+,23-,24-,25+,26+,27+,28+;2*11-,14-,15-,16-,17-,18+,19+,20-,21+,22+;10-,13-,14-,15+,16+;/m1111./s1. The van der Waals surface area contributed by atoms with Crippen molar-refractivity contribution in [3.05, 3.63) is 95.1 Å². The third-order valence-corrected chi connectivity index (χ3v) is 25.2. The second-order valence-corrected chi connectivity index (χ2v) is 34.1. The normalized spacial score (nSPS) is 38.1. The van der Waals surface area contributed by atoms with Crippen LogP contribution in [0.2, 0.25) is 0 Å². The van der Waals surface area contributed by atoms with E-state index in [1.807, 2.05) is 0 Å². The summed E-state index contributed by atoms with van der Waals surface area (Å²) in [6.45, 7) is 0.840. The Morgan fingerprint density at radius 1 is 0.248 bits per heavy atom. The van der Waals surface area contributed by atoms with Gasteiger partial charge in [-0.05, 0) is 126 Å². The summed E-state index contributed by atoms with van der Waals surface area (Å²) in [5.74, 6) is -2.14. The Morgan fingerprint density at radius 2 is 0.474 bits per heavy atom. The van der Waals surface area contributed by atoms with Gasteiger partial charge < -0.3 is 219 Å². The molecule has 0 aromatic heterocycles. The first-order valence-corrected chi connectivity index (χ1v) is 43.6. The Bertz CT molecular complexity index is 4410. The maximum absolute atomic E-state index is 11.9. The molecular formula is C89H132O48. The molecule has 48 nitrogen and oxygen atoms in total. The summed E-state index contributed by atoms with van der Waals surface area (Å²) >= 11 is 0. The van der Waals surface area contributed by atoms with Crippen molar-refractivity contribution in [1.29, 1.82) is 0 Å². The fraction of sp³-hybridized carbons (Fsp3) is 0.685. The lowest BCUT2D eigenvalue weighted by atomic mass is 9.80. The minimum atomic E-state index is -1.89. The zero-order valence-corrected chi connectivity index (χ0v) is 75.2. The van der Waals surface area contributed by atoms with Gasteiger partial charge in [-0.1, -0.05) is 7.43 Å². The predicted molar refractivity (Wildman–Crippen MR) is 460 cm³/mol. The van der Waals surface area contributed by atoms with Crippen LogP contribution in [-0.2, 0) is 37.9 Å². The Hall–Kier alpha value is -7.48. The molecule has 0 unspecified atom stereocenters. The lowest BCUT2D eigenvalue weighted by molar-refractivity contribution is -0.359. The van der Waals surface area contributed by atoms with Gasteiger partial charge >= 0.3 is 0 Å². The number of ketones is 4. The molecule has 0 radical (unpaired) electrons. The van der Waals surface area contributed by atoms with E-state index in [2.05, 4.69) is 0 Å². The van der Waals surface area contributed by atoms with Crippen LogP contribution in [0, 0.1) is 23.7 Å². The quantitative estimate of drug-likeness (QED) is 0.0202. The zero-order chi connectivity index (χ0) is 101. The number of benzene rings is 4. The molecule has 28 N–H and O–H groups in total. The molecule has 4 aliphatic carbocycles. The lowest BCUT2D eigenvalue weighted by Gasteiger charge is -2.49. The summed E-state index contributed by atoms with van der Waals surface area (Å²) in [6, 6.07) is 18.0. The van der Waals surface area contributed by atoms with Crippen LogP contribution in [0.4, 0.5) is 0 Å². The molecule has 12 rings (SSSR count). The van der Waals surface area contributed by atoms with Crippen molar-refractivity contribution in [2.45, 2.75) is 281 Å². The monoisotopic (exact) mass is 1970 g/mol. The van der Waals surface area contributed by atoms with E-state index in [1.165, 1.54) is 117 Å². The largest absolute Gasteiger partial charge is 0.493 e. The number of ether oxygens (including phenoxy) is 16. The maximum Gasteiger partial charge on any atom is 0.187 e. The summed E-state index contributed by atoms with van der Waals surface area (Å²) in [5, 5.41) is 284. The molecule has 0 spiro atoms. The number of Topliss-reactive ketones (excluding diaryl/α,β-unsaturated/α-hetero) is 4. The van der Waals surface area contributed by atoms with Crippen molar-refractivity contribution in [2.75, 3.05) is 81.3 Å². The lowest BCUT2D eigenvalue weighted by Crippen LogP contribution is -2.66. The summed E-state index contributed by atoms with van der Waals surface area (Å²) < 4.78 is 89.9. The molecule has 8 fully saturated rings. The van der Waals surface area contributed by atoms with Gasteiger partial charge in [0, 0.05) is 72.4 Å². The molecule has 137 heavy (non-hydrogen) atoms. The van der Waals surface area contributed by atoms with Gasteiger partial charge in [0.1, 0.15) is 171 Å². The minimum Gasteiger partial charge on any atom is -0.493 e. The molecule has 4 saturated carbocycles. The van der Waals surface area contributed by atoms with Gasteiger partial charge in [0.15, 0.2) is 94.3 Å². The van der Waals surface area contributed by atoms with Crippen LogP contribution < -0.4 is 37.9 Å². The molecule has 4 heterocycles. The van der Waals surface area contributed by atoms with E-state index in [4.69, 9.17) is 75.8 Å². The highest BCUT2D eigenvalue weighted by Crippen LogP contribution is 2.44. The van der Waals surface area contributed by atoms with Crippen LogP contribution >= 0.6 is 0 Å². The summed E-state index contributed by atoms with van der Waals surface area (Å²) in [6.07, 6.45) is -54.0. The van der Waals surface area contributed by atoms with Crippen molar-refractivity contribution in [3.8, 4) is 46.0 Å². The fourth-order valence-corrected chi connectivity index (χ4v) is 16.8. The topological polar surface area (TPSA) is 782 Å². The number of carbonyl (C=O) groups excluding carboxylic acids is 4. The second-order valence-electron chi connectivity index (χ2n) is 34.1. The molecule has 0 amide bonds. The van der Waals surface area contributed by atoms with Crippen molar-refractivity contribution in [3.63, 3.8) is 0 Å². The van der Waals surface area contributed by atoms with E-state index >= 15 is 0 Å². The van der Waals surface area contributed by atoms with E-state index in [1.54, 1.807) is 12.1 Å². The number of aliphatic hydroxyl groups excluding tert-OH is 28. The third-order valence-electron chi connectivity index (χ3n) is 25.2. The molecular weight excluding hydrogens is 1840 g/mol. The van der Waals surface area contributed by atoms with E-state index in [9.17, 15) is 162 Å². The first kappa shape index (κ1) is 115. The first-order chi connectivity index (χ1) is 64.5. The average Bonchev–Trinajstić information content (AvgIpc) is 0.775. The van der Waals surface area contributed by atoms with Crippen molar-refractivity contribution < 1.29 is 238 Å². The molecule has 0 bridgehead atoms. The van der Waals surface area contributed by atoms with Gasteiger partial charge in [-0.15, -0.1) is 0 Å². The van der Waals surface area contributed by atoms with Crippen LogP contribution in [-0.4, -0.2) is 468 Å². The Kier molecular flexibility index (Phi) is 43.5. The van der Waals surface area contributed by atoms with Gasteiger partial charge in [-0.2, -0.15) is 0 Å². The molecule has 4 aromatic carbocycles. The smallest absolute Gasteiger partial charge is 0.187 e. The number of aliphatic hydroxyl groups is 28. The fourth-order valence-electron chi connectivity index (χ4n) is 16.8. The van der Waals surface area contributed by atoms with E-state index < -0.39 is 290 Å². The van der Waals surface area contributed by atoms with Gasteiger partial charge in [-0.25, -0.2) is 0 Å². The molecule has 8 aliphatic rings. The number of rotatable bonds is 32. The van der Waals surface area contributed by atoms with E-state index in [-0.39, 0.29) is 97.3 Å². The summed E-state index contributed by atoms with van der Waals surface area (Å²) in [5.41, 5.74) is 1.54. The molecule has 4 saturated heterocycles. The Labute approximate surface area is 785 Å². The highest BCUT2D eigenvalue weighted by atomic mass is 16.8. The molecule has 4 aliphatic heterocycles. The Balaban J connectivity index is 0.000000229. The number of carbonyl (C=O) groups is 4. The molecule has 776 valence electrons. The highest BCUT2D eigenvalue weighted by molar-refractivity contribution is 5.96. The van der Waals surface area contributed by atoms with Crippen LogP contribution in [0.15, 0.2) is 72.8 Å². The van der Waals surface area contributed by atoms with Crippen molar-refractivity contribution >= 4 is 23.1 Å². The van der Waals surface area contributed by atoms with Crippen LogP contribution in [0.1, 0.15) is 102 Å². The summed E-state index contributed by atoms with van der Waals surface area (Å²) in [4.78, 5) is 46.6. The Morgan fingerprint density at radius 3 is 0.752 bits per heavy atom. The minimum absolute atomic E-state index is 0. The van der Waals surface area contributed by atoms with Crippen molar-refractivity contribution in [1.82, 2.24) is 0 Å². The van der Waals surface area contributed by atoms with Gasteiger partial charge in [-0.3, -0.25) is 19.2 Å². The van der Waals surface area contributed by atoms with Crippen LogP contribution in [0.5, 0.6) is 46.0 Å². The van der Waals surface area contributed by atoms with E-state index in [0.29, 0.717) is 33.8 Å². The third kappa shape index (κ3) is 26.9. The predicted octanol–water partition coefficient (Wildman–Crippen LogP) is -9.11. The number of methoxy groups -OCH3 is 4.